The first-order valence-electron chi connectivity index (χ1n) is 6.39. The second kappa shape index (κ2) is 4.51. The van der Waals surface area contributed by atoms with Crippen molar-refractivity contribution in [3.63, 3.8) is 0 Å². The fourth-order valence-electron chi connectivity index (χ4n) is 2.17. The zero-order valence-electron chi connectivity index (χ0n) is 10.7. The summed E-state index contributed by atoms with van der Waals surface area (Å²) < 4.78 is 15.9. The Hall–Kier alpha value is -1.59. The minimum absolute atomic E-state index is 0.0357. The Morgan fingerprint density at radius 3 is 2.95 bits per heavy atom. The second-order valence-corrected chi connectivity index (χ2v) is 4.94. The summed E-state index contributed by atoms with van der Waals surface area (Å²) in [5, 5.41) is 10.4. The predicted octanol–water partition coefficient (Wildman–Crippen LogP) is 1.58. The molecule has 1 N–H and O–H groups in total. The summed E-state index contributed by atoms with van der Waals surface area (Å²) in [6.45, 7) is 0.387. The summed E-state index contributed by atoms with van der Waals surface area (Å²) >= 11 is 0. The summed E-state index contributed by atoms with van der Waals surface area (Å²) in [6.07, 6.45) is 2.14. The zero-order chi connectivity index (χ0) is 13.5. The summed E-state index contributed by atoms with van der Waals surface area (Å²) in [5.74, 6) is -0.583. The summed E-state index contributed by atoms with van der Waals surface area (Å²) in [6, 6.07) is 4.97. The van der Waals surface area contributed by atoms with Crippen molar-refractivity contribution in [1.82, 2.24) is 0 Å². The van der Waals surface area contributed by atoms with Gasteiger partial charge in [-0.25, -0.2) is 0 Å². The van der Waals surface area contributed by atoms with Gasteiger partial charge in [0.2, 0.25) is 0 Å². The molecule has 102 valence electrons. The molecule has 0 spiro atoms. The fourth-order valence-corrected chi connectivity index (χ4v) is 2.17. The van der Waals surface area contributed by atoms with Crippen molar-refractivity contribution in [2.24, 2.45) is 5.92 Å². The van der Waals surface area contributed by atoms with Gasteiger partial charge >= 0.3 is 5.97 Å². The van der Waals surface area contributed by atoms with Crippen LogP contribution >= 0.6 is 0 Å². The number of rotatable bonds is 3. The molecule has 1 fully saturated rings. The maximum atomic E-state index is 11.6. The number of methoxy groups -OCH3 is 1. The third-order valence-electron chi connectivity index (χ3n) is 3.54. The Morgan fingerprint density at radius 2 is 2.26 bits per heavy atom. The quantitative estimate of drug-likeness (QED) is 0.510. The highest BCUT2D eigenvalue weighted by atomic mass is 16.6. The molecule has 1 aromatic carbocycles. The minimum atomic E-state index is -1.38. The molecule has 5 heteroatoms. The van der Waals surface area contributed by atoms with Gasteiger partial charge in [-0.15, -0.1) is 0 Å². The monoisotopic (exact) mass is 264 g/mol. The highest BCUT2D eigenvalue weighted by Crippen LogP contribution is 2.40. The fraction of sp³-hybridized carbons (Fsp3) is 0.500. The van der Waals surface area contributed by atoms with Gasteiger partial charge < -0.3 is 19.3 Å². The van der Waals surface area contributed by atoms with E-state index in [1.165, 1.54) is 7.11 Å². The molecule has 1 aliphatic carbocycles. The first-order chi connectivity index (χ1) is 9.12. The van der Waals surface area contributed by atoms with Crippen LogP contribution in [0.4, 0.5) is 0 Å². The summed E-state index contributed by atoms with van der Waals surface area (Å²) in [5.41, 5.74) is 0.502. The van der Waals surface area contributed by atoms with Crippen LogP contribution in [0.5, 0.6) is 11.5 Å². The Balaban J connectivity index is 1.88. The average Bonchev–Trinajstić information content (AvgIpc) is 3.24. The van der Waals surface area contributed by atoms with E-state index in [1.807, 2.05) is 0 Å². The van der Waals surface area contributed by atoms with E-state index in [-0.39, 0.29) is 11.9 Å². The van der Waals surface area contributed by atoms with Crippen LogP contribution in [0.2, 0.25) is 0 Å². The highest BCUT2D eigenvalue weighted by Gasteiger charge is 2.37. The van der Waals surface area contributed by atoms with Gasteiger partial charge in [-0.2, -0.15) is 0 Å². The number of carbonyl (C=O) groups is 1. The van der Waals surface area contributed by atoms with E-state index in [0.29, 0.717) is 30.1 Å². The topological polar surface area (TPSA) is 65.0 Å². The molecule has 0 aromatic heterocycles. The number of ether oxygens (including phenoxy) is 3. The lowest BCUT2D eigenvalue weighted by Gasteiger charge is -2.32. The van der Waals surface area contributed by atoms with Crippen molar-refractivity contribution >= 4 is 5.97 Å². The third kappa shape index (κ3) is 2.31. The third-order valence-corrected chi connectivity index (χ3v) is 3.54. The first-order valence-corrected chi connectivity index (χ1v) is 6.39. The van der Waals surface area contributed by atoms with Crippen LogP contribution in [0.15, 0.2) is 18.2 Å². The van der Waals surface area contributed by atoms with E-state index >= 15 is 0 Å². The van der Waals surface area contributed by atoms with Crippen LogP contribution < -0.4 is 9.47 Å². The number of aliphatic hydroxyl groups is 1. The van der Waals surface area contributed by atoms with Crippen molar-refractivity contribution in [3.8, 4) is 11.5 Å². The smallest absolute Gasteiger partial charge is 0.314 e. The second-order valence-electron chi connectivity index (χ2n) is 4.94. The molecular weight excluding hydrogens is 248 g/mol. The predicted molar refractivity (Wildman–Crippen MR) is 65.8 cm³/mol. The van der Waals surface area contributed by atoms with Gasteiger partial charge in [-0.3, -0.25) is 4.79 Å². The molecule has 0 bridgehead atoms. The molecular formula is C14H16O5. The van der Waals surface area contributed by atoms with Crippen molar-refractivity contribution < 1.29 is 24.1 Å². The van der Waals surface area contributed by atoms with Crippen LogP contribution in [0.1, 0.15) is 24.8 Å². The van der Waals surface area contributed by atoms with Crippen molar-refractivity contribution in [1.29, 1.82) is 0 Å². The molecule has 1 aliphatic heterocycles. The van der Waals surface area contributed by atoms with E-state index in [0.717, 1.165) is 12.8 Å². The van der Waals surface area contributed by atoms with Gasteiger partial charge in [0.1, 0.15) is 11.5 Å². The highest BCUT2D eigenvalue weighted by molar-refractivity contribution is 5.77. The Bertz CT molecular complexity index is 509. The van der Waals surface area contributed by atoms with E-state index in [2.05, 4.69) is 0 Å². The van der Waals surface area contributed by atoms with Crippen molar-refractivity contribution in [2.45, 2.75) is 25.0 Å². The number of esters is 1. The largest absolute Gasteiger partial charge is 0.493 e. The van der Waals surface area contributed by atoms with Gasteiger partial charge in [0, 0.05) is 13.5 Å². The number of hydrogen-bond donors (Lipinski definition) is 1. The van der Waals surface area contributed by atoms with Gasteiger partial charge in [0.15, 0.2) is 5.79 Å². The molecule has 1 unspecified atom stereocenters. The number of hydrogen-bond acceptors (Lipinski definition) is 5. The summed E-state index contributed by atoms with van der Waals surface area (Å²) in [4.78, 5) is 11.6. The Morgan fingerprint density at radius 1 is 1.47 bits per heavy atom. The van der Waals surface area contributed by atoms with E-state index in [9.17, 15) is 9.90 Å². The molecule has 1 heterocycles. The van der Waals surface area contributed by atoms with Crippen LogP contribution in [-0.2, 0) is 15.3 Å². The normalized spacial score (nSPS) is 25.4. The standard InChI is InChI=1S/C14H16O5/c1-17-14(16)6-7-18-12-5-4-10(8-11(12)14)19-13(15)9-2-3-9/h4-5,8-9,16H,2-3,6-7H2,1H3. The number of fused-ring (bicyclic) bond motifs is 1. The molecule has 0 amide bonds. The first kappa shape index (κ1) is 12.4. The molecule has 5 nitrogen and oxygen atoms in total. The maximum Gasteiger partial charge on any atom is 0.314 e. The Kier molecular flexibility index (Phi) is 2.95. The SMILES string of the molecule is COC1(O)CCOc2ccc(OC(=O)C3CC3)cc21. The van der Waals surface area contributed by atoms with E-state index < -0.39 is 5.79 Å². The van der Waals surface area contributed by atoms with Crippen LogP contribution in [0, 0.1) is 5.92 Å². The van der Waals surface area contributed by atoms with Gasteiger partial charge in [-0.05, 0) is 31.0 Å². The lowest BCUT2D eigenvalue weighted by molar-refractivity contribution is -0.210. The van der Waals surface area contributed by atoms with Crippen LogP contribution in [0.3, 0.4) is 0 Å². The molecule has 19 heavy (non-hydrogen) atoms. The van der Waals surface area contributed by atoms with E-state index in [1.54, 1.807) is 18.2 Å². The molecule has 3 rings (SSSR count). The average molecular weight is 264 g/mol. The van der Waals surface area contributed by atoms with Crippen LogP contribution in [-0.4, -0.2) is 24.8 Å². The number of benzene rings is 1. The molecule has 1 saturated carbocycles. The minimum Gasteiger partial charge on any atom is -0.493 e. The van der Waals surface area contributed by atoms with Gasteiger partial charge in [0.25, 0.3) is 0 Å². The van der Waals surface area contributed by atoms with Crippen molar-refractivity contribution in [3.05, 3.63) is 23.8 Å². The lowest BCUT2D eigenvalue weighted by Crippen LogP contribution is -2.34. The molecule has 1 atom stereocenters. The molecule has 1 aromatic rings. The Labute approximate surface area is 111 Å². The van der Waals surface area contributed by atoms with Gasteiger partial charge in [-0.1, -0.05) is 0 Å². The van der Waals surface area contributed by atoms with Crippen LogP contribution in [0.25, 0.3) is 0 Å². The molecule has 2 aliphatic rings. The zero-order valence-corrected chi connectivity index (χ0v) is 10.7. The lowest BCUT2D eigenvalue weighted by atomic mass is 9.99. The molecule has 0 radical (unpaired) electrons. The van der Waals surface area contributed by atoms with Crippen molar-refractivity contribution in [2.75, 3.05) is 13.7 Å². The van der Waals surface area contributed by atoms with E-state index in [4.69, 9.17) is 14.2 Å². The maximum absolute atomic E-state index is 11.6. The van der Waals surface area contributed by atoms with Gasteiger partial charge in [0.05, 0.1) is 18.1 Å². The number of carbonyl (C=O) groups excluding carboxylic acids is 1. The summed E-state index contributed by atoms with van der Waals surface area (Å²) in [7, 11) is 1.44. The molecule has 0 saturated heterocycles.